The Morgan fingerprint density at radius 1 is 0.767 bits per heavy atom. The van der Waals surface area contributed by atoms with E-state index in [2.05, 4.69) is 90.9 Å². The first-order chi connectivity index (χ1) is 14.3. The smallest absolute Gasteiger partial charge is 0.221 e. The van der Waals surface area contributed by atoms with E-state index in [1.165, 1.54) is 64.7 Å². The van der Waals surface area contributed by atoms with Crippen LogP contribution in [0, 0.1) is 0 Å². The molecule has 0 spiro atoms. The van der Waals surface area contributed by atoms with Crippen LogP contribution in [0.3, 0.4) is 0 Å². The van der Waals surface area contributed by atoms with Crippen LogP contribution in [0.5, 0.6) is 0 Å². The maximum absolute atomic E-state index is 2.57. The molecule has 3 aromatic carbocycles. The van der Waals surface area contributed by atoms with Crippen molar-refractivity contribution in [2.24, 2.45) is 0 Å². The SMILES string of the molecule is CCCCCC[N+]1=C(c2ccc(N(CC)CC)cc2)c2cccc3cccc1c23.[Cl-]. The van der Waals surface area contributed by atoms with E-state index >= 15 is 0 Å². The van der Waals surface area contributed by atoms with Gasteiger partial charge in [-0.3, -0.25) is 0 Å². The topological polar surface area (TPSA) is 6.25 Å². The number of hydrogen-bond acceptors (Lipinski definition) is 1. The molecule has 0 aliphatic carbocycles. The third kappa shape index (κ3) is 4.11. The van der Waals surface area contributed by atoms with Gasteiger partial charge in [0.25, 0.3) is 0 Å². The van der Waals surface area contributed by atoms with Crippen LogP contribution in [0.2, 0.25) is 0 Å². The van der Waals surface area contributed by atoms with Crippen LogP contribution in [0.4, 0.5) is 11.4 Å². The molecule has 2 nitrogen and oxygen atoms in total. The summed E-state index contributed by atoms with van der Waals surface area (Å²) >= 11 is 0. The fourth-order valence-corrected chi connectivity index (χ4v) is 4.67. The van der Waals surface area contributed by atoms with Crippen LogP contribution in [0.15, 0.2) is 60.7 Å². The Bertz CT molecular complexity index is 1010. The maximum atomic E-state index is 2.57. The highest BCUT2D eigenvalue weighted by molar-refractivity contribution is 6.22. The molecule has 0 bridgehead atoms. The Labute approximate surface area is 187 Å². The van der Waals surface area contributed by atoms with Crippen molar-refractivity contribution < 1.29 is 17.0 Å². The molecule has 4 rings (SSSR count). The van der Waals surface area contributed by atoms with E-state index in [4.69, 9.17) is 0 Å². The third-order valence-electron chi connectivity index (χ3n) is 6.20. The van der Waals surface area contributed by atoms with Gasteiger partial charge in [-0.2, -0.15) is 4.58 Å². The second kappa shape index (κ2) is 10.1. The molecule has 0 unspecified atom stereocenters. The molecule has 0 saturated heterocycles. The van der Waals surface area contributed by atoms with E-state index in [1.807, 2.05) is 0 Å². The zero-order chi connectivity index (χ0) is 20.2. The van der Waals surface area contributed by atoms with E-state index in [9.17, 15) is 0 Å². The summed E-state index contributed by atoms with van der Waals surface area (Å²) in [6.45, 7) is 9.89. The summed E-state index contributed by atoms with van der Waals surface area (Å²) in [6, 6.07) is 22.7. The predicted molar refractivity (Wildman–Crippen MR) is 126 cm³/mol. The molecule has 0 atom stereocenters. The van der Waals surface area contributed by atoms with Crippen LogP contribution in [-0.2, 0) is 0 Å². The van der Waals surface area contributed by atoms with Gasteiger partial charge in [0.1, 0.15) is 6.54 Å². The monoisotopic (exact) mass is 420 g/mol. The number of nitrogens with zero attached hydrogens (tertiary/aromatic N) is 2. The molecule has 3 aromatic rings. The van der Waals surface area contributed by atoms with E-state index < -0.39 is 0 Å². The van der Waals surface area contributed by atoms with E-state index in [0.29, 0.717) is 0 Å². The molecule has 158 valence electrons. The molecule has 0 fully saturated rings. The molecular weight excluding hydrogens is 388 g/mol. The summed E-state index contributed by atoms with van der Waals surface area (Å²) in [7, 11) is 0. The maximum Gasteiger partial charge on any atom is 0.221 e. The molecule has 0 saturated carbocycles. The fraction of sp³-hybridized carbons (Fsp3) is 0.370. The normalized spacial score (nSPS) is 12.4. The first kappa shape index (κ1) is 22.4. The van der Waals surface area contributed by atoms with Gasteiger partial charge in [-0.05, 0) is 56.0 Å². The van der Waals surface area contributed by atoms with Gasteiger partial charge in [0.2, 0.25) is 11.4 Å². The van der Waals surface area contributed by atoms with Gasteiger partial charge in [0, 0.05) is 36.8 Å². The minimum Gasteiger partial charge on any atom is -1.00 e. The summed E-state index contributed by atoms with van der Waals surface area (Å²) in [5.41, 5.74) is 6.75. The summed E-state index contributed by atoms with van der Waals surface area (Å²) in [6.07, 6.45) is 5.13. The Hall–Kier alpha value is -2.32. The van der Waals surface area contributed by atoms with Crippen molar-refractivity contribution in [2.75, 3.05) is 24.5 Å². The molecular formula is C27H33ClN2. The lowest BCUT2D eigenvalue weighted by Gasteiger charge is -2.21. The van der Waals surface area contributed by atoms with Gasteiger partial charge in [-0.1, -0.05) is 44.0 Å². The summed E-state index contributed by atoms with van der Waals surface area (Å²) < 4.78 is 2.57. The number of halogens is 1. The minimum atomic E-state index is 0. The molecule has 1 aliphatic rings. The van der Waals surface area contributed by atoms with Crippen LogP contribution in [0.1, 0.15) is 57.6 Å². The quantitative estimate of drug-likeness (QED) is 0.377. The number of benzene rings is 3. The summed E-state index contributed by atoms with van der Waals surface area (Å²) in [4.78, 5) is 2.40. The lowest BCUT2D eigenvalue weighted by atomic mass is 9.98. The molecule has 0 N–H and O–H groups in total. The molecule has 1 aliphatic heterocycles. The Morgan fingerprint density at radius 3 is 2.13 bits per heavy atom. The molecule has 0 amide bonds. The van der Waals surface area contributed by atoms with Crippen molar-refractivity contribution in [1.82, 2.24) is 0 Å². The summed E-state index contributed by atoms with van der Waals surface area (Å²) in [5.74, 6) is 0. The molecule has 0 radical (unpaired) electrons. The van der Waals surface area contributed by atoms with Crippen LogP contribution >= 0.6 is 0 Å². The van der Waals surface area contributed by atoms with Gasteiger partial charge >= 0.3 is 0 Å². The van der Waals surface area contributed by atoms with Crippen molar-refractivity contribution in [3.8, 4) is 0 Å². The van der Waals surface area contributed by atoms with E-state index in [-0.39, 0.29) is 12.4 Å². The van der Waals surface area contributed by atoms with E-state index in [1.54, 1.807) is 0 Å². The first-order valence-corrected chi connectivity index (χ1v) is 11.3. The first-order valence-electron chi connectivity index (χ1n) is 11.3. The average molecular weight is 421 g/mol. The Morgan fingerprint density at radius 2 is 1.47 bits per heavy atom. The van der Waals surface area contributed by atoms with Gasteiger partial charge in [-0.15, -0.1) is 0 Å². The van der Waals surface area contributed by atoms with Gasteiger partial charge < -0.3 is 17.3 Å². The van der Waals surface area contributed by atoms with Crippen molar-refractivity contribution in [3.05, 3.63) is 71.8 Å². The molecule has 1 heterocycles. The third-order valence-corrected chi connectivity index (χ3v) is 6.20. The zero-order valence-corrected chi connectivity index (χ0v) is 19.3. The highest BCUT2D eigenvalue weighted by Gasteiger charge is 2.32. The number of unbranched alkanes of at least 4 members (excludes halogenated alkanes) is 3. The van der Waals surface area contributed by atoms with Crippen molar-refractivity contribution in [1.29, 1.82) is 0 Å². The predicted octanol–water partition coefficient (Wildman–Crippen LogP) is 3.77. The van der Waals surface area contributed by atoms with E-state index in [0.717, 1.165) is 19.6 Å². The van der Waals surface area contributed by atoms with Crippen molar-refractivity contribution in [2.45, 2.75) is 46.5 Å². The van der Waals surface area contributed by atoms with Crippen LogP contribution in [-0.4, -0.2) is 29.9 Å². The molecule has 0 aromatic heterocycles. The summed E-state index contributed by atoms with van der Waals surface area (Å²) in [5, 5.41) is 2.75. The van der Waals surface area contributed by atoms with Crippen molar-refractivity contribution in [3.63, 3.8) is 0 Å². The van der Waals surface area contributed by atoms with Crippen molar-refractivity contribution >= 4 is 27.9 Å². The lowest BCUT2D eigenvalue weighted by Crippen LogP contribution is -3.00. The Balaban J connectivity index is 0.00000256. The van der Waals surface area contributed by atoms with Crippen LogP contribution in [0.25, 0.3) is 10.8 Å². The zero-order valence-electron chi connectivity index (χ0n) is 18.5. The van der Waals surface area contributed by atoms with Gasteiger partial charge in [0.05, 0.1) is 10.9 Å². The second-order valence-electron chi connectivity index (χ2n) is 7.96. The highest BCUT2D eigenvalue weighted by Crippen LogP contribution is 2.37. The average Bonchev–Trinajstić information content (AvgIpc) is 3.08. The molecule has 3 heteroatoms. The fourth-order valence-electron chi connectivity index (χ4n) is 4.67. The van der Waals surface area contributed by atoms with Crippen LogP contribution < -0.4 is 17.3 Å². The minimum absolute atomic E-state index is 0. The number of rotatable bonds is 9. The lowest BCUT2D eigenvalue weighted by molar-refractivity contribution is -0.436. The second-order valence-corrected chi connectivity index (χ2v) is 7.96. The van der Waals surface area contributed by atoms with Gasteiger partial charge in [-0.25, -0.2) is 0 Å². The van der Waals surface area contributed by atoms with Gasteiger partial charge in [0.15, 0.2) is 0 Å². The highest BCUT2D eigenvalue weighted by atomic mass is 35.5. The largest absolute Gasteiger partial charge is 1.00 e. The molecule has 30 heavy (non-hydrogen) atoms. The number of anilines is 1. The Kier molecular flexibility index (Phi) is 7.55. The number of hydrogen-bond donors (Lipinski definition) is 0. The standard InChI is InChI=1S/C27H33N2.ClH/c1-4-7-8-9-20-29-25-15-11-13-21-12-10-14-24(26(21)25)27(29)22-16-18-23(19-17-22)28(5-2)6-3;/h10-19H,4-9,20H2,1-3H3;1H/q+1;/p-1.